The quantitative estimate of drug-likeness (QED) is 0.881. The van der Waals surface area contributed by atoms with Gasteiger partial charge in [-0.1, -0.05) is 25.1 Å². The molecule has 0 bridgehead atoms. The summed E-state index contributed by atoms with van der Waals surface area (Å²) in [5.74, 6) is 0.854. The minimum Gasteiger partial charge on any atom is -0.310 e. The molecule has 1 fully saturated rings. The number of nitrogens with zero attached hydrogens (tertiary/aromatic N) is 1. The SMILES string of the molecule is CCN1CCC(CNC(C)c2ccc(C)c(C)c2)CC1. The maximum Gasteiger partial charge on any atom is 0.0292 e. The fourth-order valence-electron chi connectivity index (χ4n) is 3.00. The summed E-state index contributed by atoms with van der Waals surface area (Å²) in [5.41, 5.74) is 4.19. The van der Waals surface area contributed by atoms with E-state index in [0.29, 0.717) is 6.04 Å². The van der Waals surface area contributed by atoms with Crippen LogP contribution in [-0.4, -0.2) is 31.1 Å². The van der Waals surface area contributed by atoms with Crippen LogP contribution in [0.1, 0.15) is 49.4 Å². The van der Waals surface area contributed by atoms with E-state index < -0.39 is 0 Å². The van der Waals surface area contributed by atoms with Crippen molar-refractivity contribution in [3.8, 4) is 0 Å². The standard InChI is InChI=1S/C18H30N2/c1-5-20-10-8-17(9-11-20)13-19-16(4)18-7-6-14(2)15(3)12-18/h6-7,12,16-17,19H,5,8-11,13H2,1-4H3. The Balaban J connectivity index is 1.80. The van der Waals surface area contributed by atoms with E-state index >= 15 is 0 Å². The fraction of sp³-hybridized carbons (Fsp3) is 0.667. The Morgan fingerprint density at radius 3 is 2.50 bits per heavy atom. The van der Waals surface area contributed by atoms with Crippen molar-refractivity contribution in [2.75, 3.05) is 26.2 Å². The highest BCUT2D eigenvalue weighted by Gasteiger charge is 2.18. The van der Waals surface area contributed by atoms with E-state index in [1.54, 1.807) is 0 Å². The lowest BCUT2D eigenvalue weighted by molar-refractivity contribution is 0.188. The highest BCUT2D eigenvalue weighted by Crippen LogP contribution is 2.20. The summed E-state index contributed by atoms with van der Waals surface area (Å²) in [6.07, 6.45) is 2.70. The summed E-state index contributed by atoms with van der Waals surface area (Å²) in [7, 11) is 0. The lowest BCUT2D eigenvalue weighted by atomic mass is 9.95. The lowest BCUT2D eigenvalue weighted by Crippen LogP contribution is -2.37. The number of nitrogens with one attached hydrogen (secondary N) is 1. The molecule has 2 nitrogen and oxygen atoms in total. The molecular weight excluding hydrogens is 244 g/mol. The van der Waals surface area contributed by atoms with Gasteiger partial charge in [-0.15, -0.1) is 0 Å². The molecule has 1 aromatic rings. The molecule has 1 aliphatic heterocycles. The monoisotopic (exact) mass is 274 g/mol. The molecule has 0 aliphatic carbocycles. The van der Waals surface area contributed by atoms with E-state index in [4.69, 9.17) is 0 Å². The molecule has 1 N–H and O–H groups in total. The molecule has 0 aromatic heterocycles. The van der Waals surface area contributed by atoms with Gasteiger partial charge in [0, 0.05) is 6.04 Å². The van der Waals surface area contributed by atoms with Gasteiger partial charge >= 0.3 is 0 Å². The van der Waals surface area contributed by atoms with Gasteiger partial charge in [-0.3, -0.25) is 0 Å². The highest BCUT2D eigenvalue weighted by atomic mass is 15.1. The van der Waals surface area contributed by atoms with E-state index in [0.717, 1.165) is 12.5 Å². The van der Waals surface area contributed by atoms with Gasteiger partial charge in [0.1, 0.15) is 0 Å². The molecule has 2 heteroatoms. The van der Waals surface area contributed by atoms with Crippen LogP contribution in [0.15, 0.2) is 18.2 Å². The highest BCUT2D eigenvalue weighted by molar-refractivity contribution is 5.31. The molecule has 1 atom stereocenters. The number of benzene rings is 1. The zero-order chi connectivity index (χ0) is 14.5. The predicted molar refractivity (Wildman–Crippen MR) is 87.2 cm³/mol. The van der Waals surface area contributed by atoms with E-state index in [-0.39, 0.29) is 0 Å². The Morgan fingerprint density at radius 1 is 1.20 bits per heavy atom. The zero-order valence-electron chi connectivity index (χ0n) is 13.6. The molecule has 0 spiro atoms. The molecule has 1 aromatic carbocycles. The van der Waals surface area contributed by atoms with Crippen molar-refractivity contribution in [3.05, 3.63) is 34.9 Å². The third-order valence-electron chi connectivity index (χ3n) is 4.90. The van der Waals surface area contributed by atoms with Crippen LogP contribution in [-0.2, 0) is 0 Å². The third kappa shape index (κ3) is 4.07. The average Bonchev–Trinajstić information content (AvgIpc) is 2.48. The van der Waals surface area contributed by atoms with Gasteiger partial charge in [0.2, 0.25) is 0 Å². The number of hydrogen-bond donors (Lipinski definition) is 1. The summed E-state index contributed by atoms with van der Waals surface area (Å²) >= 11 is 0. The van der Waals surface area contributed by atoms with Crippen LogP contribution in [0.4, 0.5) is 0 Å². The van der Waals surface area contributed by atoms with Crippen LogP contribution >= 0.6 is 0 Å². The number of likely N-dealkylation sites (tertiary alicyclic amines) is 1. The van der Waals surface area contributed by atoms with Crippen molar-refractivity contribution in [1.29, 1.82) is 0 Å². The molecule has 1 unspecified atom stereocenters. The first-order valence-corrected chi connectivity index (χ1v) is 8.13. The van der Waals surface area contributed by atoms with Crippen LogP contribution in [0.3, 0.4) is 0 Å². The molecule has 0 saturated carbocycles. The van der Waals surface area contributed by atoms with Crippen LogP contribution in [0, 0.1) is 19.8 Å². The summed E-state index contributed by atoms with van der Waals surface area (Å²) in [6.45, 7) is 13.9. The van der Waals surface area contributed by atoms with Crippen LogP contribution in [0.5, 0.6) is 0 Å². The first-order chi connectivity index (χ1) is 9.60. The van der Waals surface area contributed by atoms with Gasteiger partial charge in [0.05, 0.1) is 0 Å². The van der Waals surface area contributed by atoms with Gasteiger partial charge in [-0.25, -0.2) is 0 Å². The first-order valence-electron chi connectivity index (χ1n) is 8.13. The summed E-state index contributed by atoms with van der Waals surface area (Å²) in [5, 5.41) is 3.73. The Bertz CT molecular complexity index is 419. The molecule has 1 saturated heterocycles. The maximum atomic E-state index is 3.73. The first kappa shape index (κ1) is 15.5. The third-order valence-corrected chi connectivity index (χ3v) is 4.90. The molecule has 0 radical (unpaired) electrons. The van der Waals surface area contributed by atoms with Gasteiger partial charge < -0.3 is 10.2 Å². The second kappa shape index (κ2) is 7.24. The predicted octanol–water partition coefficient (Wildman–Crippen LogP) is 3.69. The average molecular weight is 274 g/mol. The maximum absolute atomic E-state index is 3.73. The topological polar surface area (TPSA) is 15.3 Å². The Kier molecular flexibility index (Phi) is 5.62. The van der Waals surface area contributed by atoms with E-state index in [2.05, 4.69) is 56.1 Å². The Hall–Kier alpha value is -0.860. The van der Waals surface area contributed by atoms with Gasteiger partial charge in [-0.2, -0.15) is 0 Å². The van der Waals surface area contributed by atoms with Gasteiger partial charge in [0.25, 0.3) is 0 Å². The molecular formula is C18H30N2. The van der Waals surface area contributed by atoms with Crippen molar-refractivity contribution < 1.29 is 0 Å². The fourth-order valence-corrected chi connectivity index (χ4v) is 3.00. The Labute approximate surface area is 124 Å². The van der Waals surface area contributed by atoms with E-state index in [9.17, 15) is 0 Å². The molecule has 1 aliphatic rings. The second-order valence-corrected chi connectivity index (χ2v) is 6.35. The normalized spacial score (nSPS) is 19.2. The number of piperidine rings is 1. The van der Waals surface area contributed by atoms with Gasteiger partial charge in [0.15, 0.2) is 0 Å². The van der Waals surface area contributed by atoms with Crippen molar-refractivity contribution >= 4 is 0 Å². The van der Waals surface area contributed by atoms with Crippen molar-refractivity contribution in [2.45, 2.75) is 46.6 Å². The Morgan fingerprint density at radius 2 is 1.90 bits per heavy atom. The molecule has 0 amide bonds. The zero-order valence-corrected chi connectivity index (χ0v) is 13.6. The smallest absolute Gasteiger partial charge is 0.0292 e. The molecule has 1 heterocycles. The molecule has 112 valence electrons. The summed E-state index contributed by atoms with van der Waals surface area (Å²) in [6, 6.07) is 7.29. The van der Waals surface area contributed by atoms with E-state index in [1.165, 1.54) is 49.2 Å². The number of aryl methyl sites for hydroxylation is 2. The lowest BCUT2D eigenvalue weighted by Gasteiger charge is -2.31. The van der Waals surface area contributed by atoms with E-state index in [1.807, 2.05) is 0 Å². The summed E-state index contributed by atoms with van der Waals surface area (Å²) < 4.78 is 0. The van der Waals surface area contributed by atoms with Crippen LogP contribution in [0.25, 0.3) is 0 Å². The van der Waals surface area contributed by atoms with Crippen molar-refractivity contribution in [1.82, 2.24) is 10.2 Å². The summed E-state index contributed by atoms with van der Waals surface area (Å²) in [4.78, 5) is 2.56. The van der Waals surface area contributed by atoms with Crippen molar-refractivity contribution in [2.24, 2.45) is 5.92 Å². The number of rotatable bonds is 5. The molecule has 2 rings (SSSR count). The second-order valence-electron chi connectivity index (χ2n) is 6.35. The van der Waals surface area contributed by atoms with Crippen LogP contribution < -0.4 is 5.32 Å². The minimum absolute atomic E-state index is 0.457. The van der Waals surface area contributed by atoms with Crippen molar-refractivity contribution in [3.63, 3.8) is 0 Å². The largest absolute Gasteiger partial charge is 0.310 e. The van der Waals surface area contributed by atoms with Crippen LogP contribution in [0.2, 0.25) is 0 Å². The minimum atomic E-state index is 0.457. The van der Waals surface area contributed by atoms with Gasteiger partial charge in [-0.05, 0) is 82.4 Å². The number of hydrogen-bond acceptors (Lipinski definition) is 2. The molecule has 20 heavy (non-hydrogen) atoms.